The molecule has 0 saturated carbocycles. The Morgan fingerprint density at radius 3 is 2.53 bits per heavy atom. The number of hydrogen-bond donors (Lipinski definition) is 3. The van der Waals surface area contributed by atoms with E-state index in [9.17, 15) is 24.3 Å². The fourth-order valence-corrected chi connectivity index (χ4v) is 5.74. The van der Waals surface area contributed by atoms with Crippen molar-refractivity contribution < 1.29 is 53.1 Å². The Labute approximate surface area is 298 Å². The van der Waals surface area contributed by atoms with Gasteiger partial charge in [0.25, 0.3) is 0 Å². The first-order valence-electron chi connectivity index (χ1n) is 17.0. The third kappa shape index (κ3) is 11.7. The van der Waals surface area contributed by atoms with Gasteiger partial charge in [0.1, 0.15) is 43.4 Å². The Balaban J connectivity index is 1.49. The summed E-state index contributed by atoms with van der Waals surface area (Å²) in [5.41, 5.74) is 1.38. The lowest BCUT2D eigenvalue weighted by molar-refractivity contribution is -0.155. The maximum Gasteiger partial charge on any atom is 0.338 e. The van der Waals surface area contributed by atoms with Crippen molar-refractivity contribution in [1.82, 2.24) is 10.2 Å². The van der Waals surface area contributed by atoms with Gasteiger partial charge < -0.3 is 44.1 Å². The third-order valence-electron chi connectivity index (χ3n) is 8.27. The molecular weight excluding hydrogens is 660 g/mol. The zero-order valence-corrected chi connectivity index (χ0v) is 29.5. The van der Waals surface area contributed by atoms with Gasteiger partial charge in [-0.05, 0) is 62.6 Å². The highest BCUT2D eigenvalue weighted by Gasteiger charge is 2.44. The number of amides is 2. The molecule has 1 heterocycles. The lowest BCUT2D eigenvalue weighted by atomic mass is 9.90. The van der Waals surface area contributed by atoms with Crippen molar-refractivity contribution in [3.63, 3.8) is 0 Å². The number of aliphatic hydroxyl groups excluding tert-OH is 2. The van der Waals surface area contributed by atoms with Gasteiger partial charge in [0.2, 0.25) is 11.8 Å². The van der Waals surface area contributed by atoms with Crippen LogP contribution in [-0.2, 0) is 44.5 Å². The molecule has 1 fully saturated rings. The van der Waals surface area contributed by atoms with Crippen LogP contribution in [0, 0.1) is 0 Å². The zero-order chi connectivity index (χ0) is 37.0. The molecule has 2 amide bonds. The Morgan fingerprint density at radius 1 is 1.06 bits per heavy atom. The smallest absolute Gasteiger partial charge is 0.338 e. The van der Waals surface area contributed by atoms with Crippen LogP contribution in [-0.4, -0.2) is 109 Å². The van der Waals surface area contributed by atoms with Gasteiger partial charge in [0.05, 0.1) is 31.1 Å². The maximum atomic E-state index is 14.1. The minimum absolute atomic E-state index is 0.0153. The second-order valence-electron chi connectivity index (χ2n) is 13.4. The number of nitrogens with one attached hydrogen (secondary N) is 1. The minimum Gasteiger partial charge on any atom is -0.499 e. The third-order valence-corrected chi connectivity index (χ3v) is 8.27. The van der Waals surface area contributed by atoms with E-state index in [-0.39, 0.29) is 56.8 Å². The van der Waals surface area contributed by atoms with E-state index in [0.29, 0.717) is 5.56 Å². The molecule has 2 aromatic rings. The number of carbonyl (C=O) groups excluding carboxylic acids is 4. The number of aliphatic hydroxyl groups is 2. The number of likely N-dealkylation sites (N-methyl/N-ethyl adjacent to an activating group) is 1. The molecule has 2 aliphatic rings. The van der Waals surface area contributed by atoms with Crippen LogP contribution in [0.3, 0.4) is 0 Å². The molecule has 3 N–H and O–H groups in total. The van der Waals surface area contributed by atoms with Crippen molar-refractivity contribution in [2.45, 2.75) is 82.5 Å². The molecule has 0 aromatic heterocycles. The van der Waals surface area contributed by atoms with Gasteiger partial charge in [0.15, 0.2) is 0 Å². The highest BCUT2D eigenvalue weighted by molar-refractivity contribution is 5.97. The average Bonchev–Trinajstić information content (AvgIpc) is 3.59. The highest BCUT2D eigenvalue weighted by atomic mass is 16.7. The molecule has 0 radical (unpaired) electrons. The lowest BCUT2D eigenvalue weighted by Gasteiger charge is -2.34. The number of hydrogen-bond acceptors (Lipinski definition) is 11. The quantitative estimate of drug-likeness (QED) is 0.133. The molecule has 0 bridgehead atoms. The molecule has 13 nitrogen and oxygen atoms in total. The first kappa shape index (κ1) is 39.2. The Morgan fingerprint density at radius 2 is 1.82 bits per heavy atom. The molecule has 1 aliphatic carbocycles. The van der Waals surface area contributed by atoms with Crippen LogP contribution >= 0.6 is 0 Å². The summed E-state index contributed by atoms with van der Waals surface area (Å²) in [6, 6.07) is 14.2. The van der Waals surface area contributed by atoms with Crippen molar-refractivity contribution in [3.05, 3.63) is 89.2 Å². The fraction of sp³-hybridized carbons (Fsp3) is 0.474. The largest absolute Gasteiger partial charge is 0.499 e. The number of rotatable bonds is 16. The molecule has 51 heavy (non-hydrogen) atoms. The second kappa shape index (κ2) is 18.6. The molecule has 1 saturated heterocycles. The molecular formula is C38H48N2O11. The number of ether oxygens (including phenoxy) is 5. The van der Waals surface area contributed by atoms with Crippen LogP contribution in [0.4, 0.5) is 0 Å². The second-order valence-corrected chi connectivity index (χ2v) is 13.4. The summed E-state index contributed by atoms with van der Waals surface area (Å²) in [4.78, 5) is 54.9. The van der Waals surface area contributed by atoms with Gasteiger partial charge in [-0.3, -0.25) is 14.4 Å². The molecule has 4 rings (SSSR count). The maximum absolute atomic E-state index is 14.1. The van der Waals surface area contributed by atoms with E-state index >= 15 is 0 Å². The minimum atomic E-state index is -0.993. The topological polar surface area (TPSA) is 170 Å². The van der Waals surface area contributed by atoms with Gasteiger partial charge in [-0.25, -0.2) is 4.79 Å². The SMILES string of the molecule is CN(C(=O)C1=CC2OCOC2C(OC(=O)c2cccc(C=COCCO)c2)C1)C(Cc1ccccc1)C(=O)NC(CO)CCC(=O)OC(C)(C)C. The van der Waals surface area contributed by atoms with Crippen LogP contribution < -0.4 is 5.32 Å². The first-order valence-corrected chi connectivity index (χ1v) is 17.0. The van der Waals surface area contributed by atoms with Crippen molar-refractivity contribution in [3.8, 4) is 0 Å². The van der Waals surface area contributed by atoms with Crippen LogP contribution in [0.25, 0.3) is 6.08 Å². The molecule has 276 valence electrons. The van der Waals surface area contributed by atoms with Crippen molar-refractivity contribution >= 4 is 29.8 Å². The van der Waals surface area contributed by atoms with Crippen molar-refractivity contribution in [2.75, 3.05) is 33.7 Å². The molecule has 1 aliphatic heterocycles. The number of nitrogens with zero attached hydrogens (tertiary/aromatic N) is 1. The summed E-state index contributed by atoms with van der Waals surface area (Å²) >= 11 is 0. The first-order chi connectivity index (χ1) is 24.4. The van der Waals surface area contributed by atoms with E-state index in [1.54, 1.807) is 57.2 Å². The van der Waals surface area contributed by atoms with Crippen molar-refractivity contribution in [1.29, 1.82) is 0 Å². The molecule has 2 aromatic carbocycles. The predicted molar refractivity (Wildman–Crippen MR) is 186 cm³/mol. The summed E-state index contributed by atoms with van der Waals surface area (Å²) in [5.74, 6) is -2.05. The zero-order valence-electron chi connectivity index (χ0n) is 29.5. The fourth-order valence-electron chi connectivity index (χ4n) is 5.74. The van der Waals surface area contributed by atoms with Gasteiger partial charge >= 0.3 is 11.9 Å². The van der Waals surface area contributed by atoms with Crippen LogP contribution in [0.5, 0.6) is 0 Å². The Bertz CT molecular complexity index is 1550. The molecule has 5 unspecified atom stereocenters. The van der Waals surface area contributed by atoms with Crippen molar-refractivity contribution in [2.24, 2.45) is 0 Å². The summed E-state index contributed by atoms with van der Waals surface area (Å²) in [7, 11) is 1.52. The Hall–Kier alpha value is -4.56. The normalized spacial score (nSPS) is 19.7. The molecule has 0 spiro atoms. The van der Waals surface area contributed by atoms with Gasteiger partial charge in [-0.1, -0.05) is 42.5 Å². The number of benzene rings is 2. The number of fused-ring (bicyclic) bond motifs is 1. The Kier molecular flexibility index (Phi) is 14.3. The molecule has 5 atom stereocenters. The summed E-state index contributed by atoms with van der Waals surface area (Å²) in [6.07, 6.45) is 2.89. The standard InChI is InChI=1S/C38H48N2O11/c1-38(2,3)51-33(43)14-13-29(23-42)39-35(44)30(20-25-9-6-5-7-10-25)40(4)36(45)28-21-31-34(49-24-48-31)32(22-28)50-37(46)27-12-8-11-26(19-27)15-17-47-18-16-41/h5-12,15,17,19,21,29-32,34,41-42H,13-14,16,18,20,22-24H2,1-4H3,(H,39,44). The number of esters is 2. The van der Waals surface area contributed by atoms with Gasteiger partial charge in [-0.15, -0.1) is 0 Å². The average molecular weight is 709 g/mol. The predicted octanol–water partition coefficient (Wildman–Crippen LogP) is 2.93. The van der Waals surface area contributed by atoms with E-state index < -0.39 is 66.4 Å². The number of carbonyl (C=O) groups is 4. The van der Waals surface area contributed by atoms with Gasteiger partial charge in [0, 0.05) is 31.9 Å². The summed E-state index contributed by atoms with van der Waals surface area (Å²) < 4.78 is 27.9. The van der Waals surface area contributed by atoms with E-state index in [1.165, 1.54) is 18.2 Å². The summed E-state index contributed by atoms with van der Waals surface area (Å²) in [6.45, 7) is 4.83. The highest BCUT2D eigenvalue weighted by Crippen LogP contribution is 2.32. The summed E-state index contributed by atoms with van der Waals surface area (Å²) in [5, 5.41) is 21.7. The van der Waals surface area contributed by atoms with E-state index in [1.807, 2.05) is 30.3 Å². The monoisotopic (exact) mass is 708 g/mol. The van der Waals surface area contributed by atoms with Crippen LogP contribution in [0.15, 0.2) is 72.5 Å². The van der Waals surface area contributed by atoms with Crippen LogP contribution in [0.1, 0.15) is 61.5 Å². The van der Waals surface area contributed by atoms with E-state index in [0.717, 1.165) is 5.56 Å². The van der Waals surface area contributed by atoms with Crippen LogP contribution in [0.2, 0.25) is 0 Å². The lowest BCUT2D eigenvalue weighted by Crippen LogP contribution is -2.53. The molecule has 13 heteroatoms. The van der Waals surface area contributed by atoms with E-state index in [2.05, 4.69) is 5.32 Å². The van der Waals surface area contributed by atoms with Gasteiger partial charge in [-0.2, -0.15) is 0 Å². The van der Waals surface area contributed by atoms with E-state index in [4.69, 9.17) is 28.8 Å².